The lowest BCUT2D eigenvalue weighted by molar-refractivity contribution is -0.150. The number of ether oxygens (including phenoxy) is 1. The van der Waals surface area contributed by atoms with Gasteiger partial charge in [0.25, 0.3) is 0 Å². The lowest BCUT2D eigenvalue weighted by Crippen LogP contribution is -2.32. The molecule has 4 heteroatoms. The van der Waals surface area contributed by atoms with Gasteiger partial charge in [-0.1, -0.05) is 13.8 Å². The van der Waals surface area contributed by atoms with Crippen molar-refractivity contribution in [1.29, 1.82) is 0 Å². The van der Waals surface area contributed by atoms with E-state index in [2.05, 4.69) is 4.74 Å². The fourth-order valence-corrected chi connectivity index (χ4v) is 1.31. The molecule has 0 aromatic carbocycles. The summed E-state index contributed by atoms with van der Waals surface area (Å²) in [6, 6.07) is 0. The van der Waals surface area contributed by atoms with Crippen molar-refractivity contribution >= 4 is 17.6 Å². The standard InChI is InChI=1S/C8H15ClO3/c1-5(2)4-6(9)7(10)8(11)12-3/h5-7,10H,4H2,1-3H3/t6-,7+/m0/s1. The first-order chi connectivity index (χ1) is 5.49. The molecule has 0 aromatic rings. The molecule has 0 bridgehead atoms. The highest BCUT2D eigenvalue weighted by Crippen LogP contribution is 2.14. The average molecular weight is 195 g/mol. The number of aliphatic hydroxyl groups excluding tert-OH is 1. The molecule has 0 fully saturated rings. The topological polar surface area (TPSA) is 46.5 Å². The van der Waals surface area contributed by atoms with Crippen LogP contribution in [-0.4, -0.2) is 29.7 Å². The number of hydrogen-bond donors (Lipinski definition) is 1. The van der Waals surface area contributed by atoms with Crippen molar-refractivity contribution in [2.75, 3.05) is 7.11 Å². The number of esters is 1. The molecule has 1 N–H and O–H groups in total. The van der Waals surface area contributed by atoms with Crippen molar-refractivity contribution in [3.8, 4) is 0 Å². The molecule has 0 aliphatic carbocycles. The van der Waals surface area contributed by atoms with Gasteiger partial charge in [0.2, 0.25) is 0 Å². The zero-order chi connectivity index (χ0) is 9.72. The van der Waals surface area contributed by atoms with Crippen LogP contribution >= 0.6 is 11.6 Å². The van der Waals surface area contributed by atoms with Crippen LogP contribution in [0.5, 0.6) is 0 Å². The van der Waals surface area contributed by atoms with Crippen LogP contribution in [0.1, 0.15) is 20.3 Å². The molecule has 0 spiro atoms. The second-order valence-electron chi connectivity index (χ2n) is 3.11. The summed E-state index contributed by atoms with van der Waals surface area (Å²) in [5.41, 5.74) is 0. The molecule has 0 heterocycles. The van der Waals surface area contributed by atoms with E-state index in [1.807, 2.05) is 13.8 Å². The van der Waals surface area contributed by atoms with Crippen LogP contribution in [-0.2, 0) is 9.53 Å². The molecule has 2 atom stereocenters. The minimum absolute atomic E-state index is 0.354. The molecule has 12 heavy (non-hydrogen) atoms. The van der Waals surface area contributed by atoms with Gasteiger partial charge in [-0.05, 0) is 12.3 Å². The first kappa shape index (κ1) is 11.7. The number of carbonyl (C=O) groups is 1. The van der Waals surface area contributed by atoms with Gasteiger partial charge in [-0.15, -0.1) is 11.6 Å². The summed E-state index contributed by atoms with van der Waals surface area (Å²) in [5, 5.41) is 8.67. The fourth-order valence-electron chi connectivity index (χ4n) is 0.848. The summed E-state index contributed by atoms with van der Waals surface area (Å²) in [6.45, 7) is 3.94. The van der Waals surface area contributed by atoms with Crippen molar-refractivity contribution in [2.24, 2.45) is 5.92 Å². The minimum Gasteiger partial charge on any atom is -0.467 e. The van der Waals surface area contributed by atoms with Gasteiger partial charge in [-0.2, -0.15) is 0 Å². The molecule has 0 aromatic heterocycles. The number of carbonyl (C=O) groups excluding carboxylic acids is 1. The highest BCUT2D eigenvalue weighted by Gasteiger charge is 2.25. The van der Waals surface area contributed by atoms with Gasteiger partial charge >= 0.3 is 5.97 Å². The molecular formula is C8H15ClO3. The van der Waals surface area contributed by atoms with Crippen molar-refractivity contribution in [3.05, 3.63) is 0 Å². The number of aliphatic hydroxyl groups is 1. The van der Waals surface area contributed by atoms with Crippen LogP contribution in [0.25, 0.3) is 0 Å². The lowest BCUT2D eigenvalue weighted by atomic mass is 10.0. The van der Waals surface area contributed by atoms with E-state index in [4.69, 9.17) is 11.6 Å². The molecule has 0 aliphatic rings. The van der Waals surface area contributed by atoms with Crippen LogP contribution in [0.4, 0.5) is 0 Å². The van der Waals surface area contributed by atoms with E-state index in [1.54, 1.807) is 0 Å². The maximum absolute atomic E-state index is 10.8. The Morgan fingerprint density at radius 2 is 2.08 bits per heavy atom. The molecule has 0 saturated carbocycles. The smallest absolute Gasteiger partial charge is 0.336 e. The summed E-state index contributed by atoms with van der Waals surface area (Å²) < 4.78 is 4.34. The largest absolute Gasteiger partial charge is 0.467 e. The predicted octanol–water partition coefficient (Wildman–Crippen LogP) is 1.17. The zero-order valence-corrected chi connectivity index (χ0v) is 8.34. The normalized spacial score (nSPS) is 15.8. The third-order valence-corrected chi connectivity index (χ3v) is 1.90. The van der Waals surface area contributed by atoms with E-state index >= 15 is 0 Å². The minimum atomic E-state index is -1.21. The second-order valence-corrected chi connectivity index (χ2v) is 3.67. The SMILES string of the molecule is COC(=O)[C@H](O)[C@@H](Cl)CC(C)C. The van der Waals surface area contributed by atoms with Gasteiger partial charge < -0.3 is 9.84 Å². The van der Waals surface area contributed by atoms with Crippen molar-refractivity contribution in [3.63, 3.8) is 0 Å². The molecule has 0 radical (unpaired) electrons. The van der Waals surface area contributed by atoms with E-state index in [0.717, 1.165) is 0 Å². The van der Waals surface area contributed by atoms with Crippen molar-refractivity contribution in [1.82, 2.24) is 0 Å². The lowest BCUT2D eigenvalue weighted by Gasteiger charge is -2.16. The Bertz CT molecular complexity index is 147. The van der Waals surface area contributed by atoms with E-state index in [0.29, 0.717) is 12.3 Å². The molecule has 3 nitrogen and oxygen atoms in total. The van der Waals surface area contributed by atoms with Gasteiger partial charge in [0.1, 0.15) is 0 Å². The summed E-state index contributed by atoms with van der Waals surface area (Å²) >= 11 is 5.75. The molecule has 0 saturated heterocycles. The van der Waals surface area contributed by atoms with Gasteiger partial charge in [0, 0.05) is 0 Å². The van der Waals surface area contributed by atoms with Crippen molar-refractivity contribution < 1.29 is 14.6 Å². The Kier molecular flexibility index (Phi) is 5.25. The van der Waals surface area contributed by atoms with E-state index in [-0.39, 0.29) is 0 Å². The Morgan fingerprint density at radius 1 is 1.58 bits per heavy atom. The van der Waals surface area contributed by atoms with Gasteiger partial charge in [0.05, 0.1) is 12.5 Å². The summed E-state index contributed by atoms with van der Waals surface area (Å²) in [5.74, 6) is -0.317. The van der Waals surface area contributed by atoms with Crippen LogP contribution in [0.2, 0.25) is 0 Å². The number of rotatable bonds is 4. The summed E-state index contributed by atoms with van der Waals surface area (Å²) in [4.78, 5) is 10.8. The Morgan fingerprint density at radius 3 is 2.42 bits per heavy atom. The molecule has 0 unspecified atom stereocenters. The van der Waals surface area contributed by atoms with Crippen LogP contribution in [0, 0.1) is 5.92 Å². The van der Waals surface area contributed by atoms with Crippen LogP contribution in [0.3, 0.4) is 0 Å². The second kappa shape index (κ2) is 5.38. The maximum Gasteiger partial charge on any atom is 0.336 e. The Balaban J connectivity index is 3.91. The maximum atomic E-state index is 10.8. The molecule has 0 amide bonds. The van der Waals surface area contributed by atoms with E-state index in [9.17, 15) is 9.90 Å². The molecular weight excluding hydrogens is 180 g/mol. The highest BCUT2D eigenvalue weighted by molar-refractivity contribution is 6.22. The first-order valence-electron chi connectivity index (χ1n) is 3.89. The van der Waals surface area contributed by atoms with Gasteiger partial charge in [-0.3, -0.25) is 0 Å². The number of halogens is 1. The monoisotopic (exact) mass is 194 g/mol. The summed E-state index contributed by atoms with van der Waals surface area (Å²) in [6.07, 6.45) is -0.614. The zero-order valence-electron chi connectivity index (χ0n) is 7.58. The third-order valence-electron chi connectivity index (χ3n) is 1.48. The van der Waals surface area contributed by atoms with Crippen LogP contribution in [0.15, 0.2) is 0 Å². The summed E-state index contributed by atoms with van der Waals surface area (Å²) in [7, 11) is 1.23. The van der Waals surface area contributed by atoms with Crippen molar-refractivity contribution in [2.45, 2.75) is 31.7 Å². The van der Waals surface area contributed by atoms with Gasteiger partial charge in [0.15, 0.2) is 6.10 Å². The van der Waals surface area contributed by atoms with Gasteiger partial charge in [-0.25, -0.2) is 4.79 Å². The molecule has 0 rings (SSSR count). The third kappa shape index (κ3) is 3.93. The van der Waals surface area contributed by atoms with E-state index in [1.165, 1.54) is 7.11 Å². The van der Waals surface area contributed by atoms with E-state index < -0.39 is 17.5 Å². The quantitative estimate of drug-likeness (QED) is 0.540. The first-order valence-corrected chi connectivity index (χ1v) is 4.32. The molecule has 0 aliphatic heterocycles. The predicted molar refractivity (Wildman–Crippen MR) is 47.1 cm³/mol. The number of alkyl halides is 1. The number of hydrogen-bond acceptors (Lipinski definition) is 3. The number of methoxy groups -OCH3 is 1. The fraction of sp³-hybridized carbons (Fsp3) is 0.875. The molecule has 72 valence electrons. The van der Waals surface area contributed by atoms with Crippen LogP contribution < -0.4 is 0 Å². The Labute approximate surface area is 77.7 Å². The highest BCUT2D eigenvalue weighted by atomic mass is 35.5. The average Bonchev–Trinajstić information content (AvgIpc) is 2.00. The Hall–Kier alpha value is -0.280.